The molecule has 0 bridgehead atoms. The second-order valence-corrected chi connectivity index (χ2v) is 4.02. The van der Waals surface area contributed by atoms with Crippen molar-refractivity contribution in [1.82, 2.24) is 0 Å². The molecule has 0 aliphatic carbocycles. The molecule has 0 spiro atoms. The van der Waals surface area contributed by atoms with Gasteiger partial charge in [-0.25, -0.2) is 8.78 Å². The zero-order valence-electron chi connectivity index (χ0n) is 11.0. The SMILES string of the molecule is COc1ccc(/C(N)=N/O)c(Oc2ccc(F)cc2F)c1. The van der Waals surface area contributed by atoms with E-state index in [2.05, 4.69) is 5.16 Å². The van der Waals surface area contributed by atoms with Crippen LogP contribution in [-0.2, 0) is 0 Å². The number of hydrogen-bond donors (Lipinski definition) is 2. The first-order chi connectivity index (χ1) is 10.0. The van der Waals surface area contributed by atoms with E-state index in [4.69, 9.17) is 20.4 Å². The Morgan fingerprint density at radius 2 is 1.90 bits per heavy atom. The van der Waals surface area contributed by atoms with Gasteiger partial charge < -0.3 is 20.4 Å². The molecule has 0 unspecified atom stereocenters. The summed E-state index contributed by atoms with van der Waals surface area (Å²) in [5, 5.41) is 11.6. The molecule has 3 N–H and O–H groups in total. The van der Waals surface area contributed by atoms with Crippen molar-refractivity contribution in [3.8, 4) is 17.2 Å². The van der Waals surface area contributed by atoms with Crippen molar-refractivity contribution < 1.29 is 23.5 Å². The summed E-state index contributed by atoms with van der Waals surface area (Å²) in [6.45, 7) is 0. The van der Waals surface area contributed by atoms with Gasteiger partial charge in [-0.15, -0.1) is 0 Å². The van der Waals surface area contributed by atoms with Crippen molar-refractivity contribution >= 4 is 5.84 Å². The lowest BCUT2D eigenvalue weighted by atomic mass is 10.1. The average molecular weight is 294 g/mol. The Labute approximate surface area is 119 Å². The first-order valence-electron chi connectivity index (χ1n) is 5.84. The van der Waals surface area contributed by atoms with Crippen LogP contribution in [0.2, 0.25) is 0 Å². The molecule has 0 aliphatic rings. The van der Waals surface area contributed by atoms with E-state index in [1.807, 2.05) is 0 Å². The number of methoxy groups -OCH3 is 1. The summed E-state index contributed by atoms with van der Waals surface area (Å²) in [6.07, 6.45) is 0. The molecule has 21 heavy (non-hydrogen) atoms. The number of rotatable bonds is 4. The molecule has 0 radical (unpaired) electrons. The summed E-state index contributed by atoms with van der Waals surface area (Å²) >= 11 is 0. The van der Waals surface area contributed by atoms with Crippen molar-refractivity contribution in [2.24, 2.45) is 10.9 Å². The van der Waals surface area contributed by atoms with Crippen LogP contribution in [0.25, 0.3) is 0 Å². The molecule has 110 valence electrons. The minimum atomic E-state index is -0.872. The maximum absolute atomic E-state index is 13.6. The molecule has 0 fully saturated rings. The topological polar surface area (TPSA) is 77.1 Å². The van der Waals surface area contributed by atoms with E-state index in [1.54, 1.807) is 6.07 Å². The molecular formula is C14H12F2N2O3. The highest BCUT2D eigenvalue weighted by atomic mass is 19.1. The molecule has 0 saturated carbocycles. The van der Waals surface area contributed by atoms with Crippen molar-refractivity contribution in [2.75, 3.05) is 7.11 Å². The summed E-state index contributed by atoms with van der Waals surface area (Å²) in [4.78, 5) is 0. The molecular weight excluding hydrogens is 282 g/mol. The third-order valence-corrected chi connectivity index (χ3v) is 2.69. The van der Waals surface area contributed by atoms with E-state index < -0.39 is 11.6 Å². The highest BCUT2D eigenvalue weighted by Crippen LogP contribution is 2.31. The lowest BCUT2D eigenvalue weighted by Gasteiger charge is -2.12. The van der Waals surface area contributed by atoms with Gasteiger partial charge in [0, 0.05) is 12.1 Å². The van der Waals surface area contributed by atoms with Gasteiger partial charge in [0.1, 0.15) is 17.3 Å². The fourth-order valence-electron chi connectivity index (χ4n) is 1.66. The highest BCUT2D eigenvalue weighted by molar-refractivity contribution is 5.99. The maximum Gasteiger partial charge on any atom is 0.173 e. The van der Waals surface area contributed by atoms with Crippen LogP contribution in [0.4, 0.5) is 8.78 Å². The summed E-state index contributed by atoms with van der Waals surface area (Å²) in [7, 11) is 1.45. The Kier molecular flexibility index (Phi) is 4.22. The molecule has 0 aromatic heterocycles. The molecule has 0 aliphatic heterocycles. The predicted molar refractivity (Wildman–Crippen MR) is 71.9 cm³/mol. The molecule has 0 atom stereocenters. The third-order valence-electron chi connectivity index (χ3n) is 2.69. The fourth-order valence-corrected chi connectivity index (χ4v) is 1.66. The first kappa shape index (κ1) is 14.6. The van der Waals surface area contributed by atoms with Gasteiger partial charge in [-0.3, -0.25) is 0 Å². The van der Waals surface area contributed by atoms with E-state index in [0.29, 0.717) is 11.8 Å². The number of halogens is 2. The smallest absolute Gasteiger partial charge is 0.173 e. The minimum absolute atomic E-state index is 0.107. The van der Waals surface area contributed by atoms with Crippen molar-refractivity contribution in [3.05, 3.63) is 53.6 Å². The van der Waals surface area contributed by atoms with E-state index in [9.17, 15) is 8.78 Å². The lowest BCUT2D eigenvalue weighted by Crippen LogP contribution is -2.14. The van der Waals surface area contributed by atoms with Gasteiger partial charge in [-0.1, -0.05) is 5.16 Å². The molecule has 5 nitrogen and oxygen atoms in total. The molecule has 2 aromatic carbocycles. The van der Waals surface area contributed by atoms with E-state index in [1.165, 1.54) is 19.2 Å². The number of hydrogen-bond acceptors (Lipinski definition) is 4. The Hall–Kier alpha value is -2.83. The zero-order chi connectivity index (χ0) is 15.4. The Morgan fingerprint density at radius 3 is 2.52 bits per heavy atom. The molecule has 7 heteroatoms. The largest absolute Gasteiger partial charge is 0.497 e. The quantitative estimate of drug-likeness (QED) is 0.393. The summed E-state index contributed by atoms with van der Waals surface area (Å²) in [6, 6.07) is 7.39. The molecule has 2 aromatic rings. The van der Waals surface area contributed by atoms with Gasteiger partial charge in [0.2, 0.25) is 0 Å². The Morgan fingerprint density at radius 1 is 1.14 bits per heavy atom. The van der Waals surface area contributed by atoms with E-state index in [0.717, 1.165) is 12.1 Å². The molecule has 0 heterocycles. The number of nitrogens with zero attached hydrogens (tertiary/aromatic N) is 1. The second-order valence-electron chi connectivity index (χ2n) is 4.02. The summed E-state index contributed by atoms with van der Waals surface area (Å²) < 4.78 is 36.9. The van der Waals surface area contributed by atoms with Gasteiger partial charge in [0.25, 0.3) is 0 Å². The number of ether oxygens (including phenoxy) is 2. The molecule has 0 saturated heterocycles. The molecule has 2 rings (SSSR count). The van der Waals surface area contributed by atoms with Gasteiger partial charge in [-0.05, 0) is 24.3 Å². The number of oxime groups is 1. The van der Waals surface area contributed by atoms with Crippen LogP contribution in [0.15, 0.2) is 41.6 Å². The second kappa shape index (κ2) is 6.08. The van der Waals surface area contributed by atoms with Crippen LogP contribution < -0.4 is 15.2 Å². The van der Waals surface area contributed by atoms with Crippen LogP contribution in [0, 0.1) is 11.6 Å². The van der Waals surface area contributed by atoms with E-state index in [-0.39, 0.29) is 22.9 Å². The van der Waals surface area contributed by atoms with Crippen molar-refractivity contribution in [2.45, 2.75) is 0 Å². The standard InChI is InChI=1S/C14H12F2N2O3/c1-20-9-3-4-10(14(17)18-19)13(7-9)21-12-5-2-8(15)6-11(12)16/h2-7,19H,1H3,(H2,17,18). The highest BCUT2D eigenvalue weighted by Gasteiger charge is 2.13. The van der Waals surface area contributed by atoms with E-state index >= 15 is 0 Å². The maximum atomic E-state index is 13.6. The van der Waals surface area contributed by atoms with Crippen molar-refractivity contribution in [1.29, 1.82) is 0 Å². The van der Waals surface area contributed by atoms with Crippen LogP contribution in [0.5, 0.6) is 17.2 Å². The summed E-state index contributed by atoms with van der Waals surface area (Å²) in [5.74, 6) is -1.46. The van der Waals surface area contributed by atoms with Gasteiger partial charge in [-0.2, -0.15) is 0 Å². The van der Waals surface area contributed by atoms with Gasteiger partial charge in [0.15, 0.2) is 17.4 Å². The number of amidine groups is 1. The summed E-state index contributed by atoms with van der Waals surface area (Å²) in [5.41, 5.74) is 5.77. The van der Waals surface area contributed by atoms with Gasteiger partial charge >= 0.3 is 0 Å². The van der Waals surface area contributed by atoms with Crippen molar-refractivity contribution in [3.63, 3.8) is 0 Å². The Bertz CT molecular complexity index is 690. The van der Waals surface area contributed by atoms with Crippen LogP contribution in [0.1, 0.15) is 5.56 Å². The first-order valence-corrected chi connectivity index (χ1v) is 5.84. The third kappa shape index (κ3) is 3.19. The normalized spacial score (nSPS) is 11.3. The minimum Gasteiger partial charge on any atom is -0.497 e. The lowest BCUT2D eigenvalue weighted by molar-refractivity contribution is 0.318. The van der Waals surface area contributed by atoms with Crippen LogP contribution in [-0.4, -0.2) is 18.2 Å². The average Bonchev–Trinajstić information content (AvgIpc) is 2.49. The number of nitrogens with two attached hydrogens (primary N) is 1. The van der Waals surface area contributed by atoms with Crippen LogP contribution >= 0.6 is 0 Å². The molecule has 0 amide bonds. The number of benzene rings is 2. The van der Waals surface area contributed by atoms with Gasteiger partial charge in [0.05, 0.1) is 12.7 Å². The zero-order valence-corrected chi connectivity index (χ0v) is 11.0. The Balaban J connectivity index is 2.46. The fraction of sp³-hybridized carbons (Fsp3) is 0.0714. The van der Waals surface area contributed by atoms with Crippen LogP contribution in [0.3, 0.4) is 0 Å². The predicted octanol–water partition coefficient (Wildman–Crippen LogP) is 2.86. The monoisotopic (exact) mass is 294 g/mol.